The van der Waals surface area contributed by atoms with Crippen molar-refractivity contribution in [1.29, 1.82) is 0 Å². The van der Waals surface area contributed by atoms with Crippen molar-refractivity contribution in [1.82, 2.24) is 0 Å². The molecule has 0 radical (unpaired) electrons. The molecular weight excluding hydrogens is 566 g/mol. The average Bonchev–Trinajstić information content (AvgIpc) is 2.95. The molecule has 0 N–H and O–H groups in total. The molecule has 7 heteroatoms. The number of carbonyl (C=O) groups is 1. The Bertz CT molecular complexity index is 1520. The lowest BCUT2D eigenvalue weighted by molar-refractivity contribution is -0.132. The molecule has 2 atom stereocenters. The predicted octanol–water partition coefficient (Wildman–Crippen LogP) is 9.20. The zero-order valence-electron chi connectivity index (χ0n) is 25.6. The number of hydrogen-bond donors (Lipinski definition) is 0. The fourth-order valence-electron chi connectivity index (χ4n) is 5.76. The Morgan fingerprint density at radius 3 is 2.21 bits per heavy atom. The molecule has 4 nitrogen and oxygen atoms in total. The van der Waals surface area contributed by atoms with Gasteiger partial charge in [-0.05, 0) is 106 Å². The molecule has 0 heterocycles. The minimum absolute atomic E-state index is 0.115. The van der Waals surface area contributed by atoms with E-state index < -0.39 is 20.5 Å². The van der Waals surface area contributed by atoms with E-state index in [0.717, 1.165) is 36.5 Å². The van der Waals surface area contributed by atoms with Crippen LogP contribution in [0.25, 0.3) is 0 Å². The van der Waals surface area contributed by atoms with Gasteiger partial charge in [0, 0.05) is 17.4 Å². The summed E-state index contributed by atoms with van der Waals surface area (Å²) in [5, 5.41) is 0. The maximum absolute atomic E-state index is 14.5. The largest absolute Gasteiger partial charge is 0.457 e. The highest BCUT2D eigenvalue weighted by molar-refractivity contribution is 7.92. The summed E-state index contributed by atoms with van der Waals surface area (Å²) in [7, 11) is -3.92. The van der Waals surface area contributed by atoms with Gasteiger partial charge in [0.2, 0.25) is 0 Å². The van der Waals surface area contributed by atoms with Gasteiger partial charge in [-0.15, -0.1) is 0 Å². The number of ketones is 1. The zero-order chi connectivity index (χ0) is 31.4. The van der Waals surface area contributed by atoms with E-state index in [1.807, 2.05) is 61.5 Å². The number of allylic oxidation sites excluding steroid dienone is 2. The number of para-hydroxylation sites is 1. The number of ether oxygens (including phenoxy) is 1. The van der Waals surface area contributed by atoms with Crippen molar-refractivity contribution in [2.24, 2.45) is 23.7 Å². The Morgan fingerprint density at radius 2 is 1.58 bits per heavy atom. The summed E-state index contributed by atoms with van der Waals surface area (Å²) in [6.07, 6.45) is 4.67. The summed E-state index contributed by atoms with van der Waals surface area (Å²) < 4.78 is 60.8. The number of sulfone groups is 1. The Kier molecular flexibility index (Phi) is 9.95. The molecule has 230 valence electrons. The number of Topliss-reactive ketones (excluding diaryl/α,β-unsaturated/α-hetero) is 1. The summed E-state index contributed by atoms with van der Waals surface area (Å²) in [5.74, 6) is -1.91. The van der Waals surface area contributed by atoms with Gasteiger partial charge in [0.25, 0.3) is 5.92 Å². The first kappa shape index (κ1) is 32.6. The molecule has 1 aliphatic rings. The van der Waals surface area contributed by atoms with Gasteiger partial charge in [0.05, 0.1) is 9.64 Å². The lowest BCUT2D eigenvalue weighted by Gasteiger charge is -2.45. The molecular formula is C36H42F2O4S. The zero-order valence-corrected chi connectivity index (χ0v) is 26.4. The molecule has 1 aliphatic carbocycles. The molecule has 4 rings (SSSR count). The topological polar surface area (TPSA) is 60.4 Å². The first-order valence-corrected chi connectivity index (χ1v) is 16.5. The van der Waals surface area contributed by atoms with Crippen LogP contribution in [0.1, 0.15) is 65.0 Å². The van der Waals surface area contributed by atoms with Crippen LogP contribution in [-0.4, -0.2) is 18.9 Å². The number of aryl methyl sites for hydroxylation is 1. The van der Waals surface area contributed by atoms with Gasteiger partial charge < -0.3 is 4.74 Å². The maximum atomic E-state index is 14.5. The molecule has 2 unspecified atom stereocenters. The Balaban J connectivity index is 1.31. The average molecular weight is 609 g/mol. The van der Waals surface area contributed by atoms with E-state index in [4.69, 9.17) is 4.74 Å². The van der Waals surface area contributed by atoms with Crippen molar-refractivity contribution in [3.05, 3.63) is 102 Å². The monoisotopic (exact) mass is 608 g/mol. The summed E-state index contributed by atoms with van der Waals surface area (Å²) in [6.45, 7) is 8.85. The van der Waals surface area contributed by atoms with Crippen molar-refractivity contribution in [3.8, 4) is 11.5 Å². The number of alkyl halides is 2. The summed E-state index contributed by atoms with van der Waals surface area (Å²) >= 11 is 0. The fourth-order valence-corrected chi connectivity index (χ4v) is 7.54. The number of carbonyl (C=O) groups excluding carboxylic acids is 1. The van der Waals surface area contributed by atoms with E-state index in [9.17, 15) is 22.0 Å². The van der Waals surface area contributed by atoms with Crippen LogP contribution >= 0.6 is 0 Å². The Labute approximate surface area is 255 Å². The fraction of sp³-hybridized carbons (Fsp3) is 0.417. The highest BCUT2D eigenvalue weighted by Gasteiger charge is 2.51. The van der Waals surface area contributed by atoms with Crippen LogP contribution in [0.5, 0.6) is 11.5 Å². The van der Waals surface area contributed by atoms with E-state index in [1.54, 1.807) is 13.8 Å². The third-order valence-corrected chi connectivity index (χ3v) is 11.8. The molecule has 1 saturated carbocycles. The molecule has 0 aliphatic heterocycles. The van der Waals surface area contributed by atoms with Gasteiger partial charge in [0.1, 0.15) is 17.3 Å². The molecule has 1 fully saturated rings. The van der Waals surface area contributed by atoms with Crippen molar-refractivity contribution < 1.29 is 26.7 Å². The first-order valence-electron chi connectivity index (χ1n) is 15.0. The minimum Gasteiger partial charge on any atom is -0.457 e. The smallest absolute Gasteiger partial charge is 0.291 e. The van der Waals surface area contributed by atoms with E-state index in [1.165, 1.54) is 36.8 Å². The second-order valence-corrected chi connectivity index (χ2v) is 14.9. The van der Waals surface area contributed by atoms with Crippen LogP contribution in [0.3, 0.4) is 0 Å². The maximum Gasteiger partial charge on any atom is 0.291 e. The lowest BCUT2D eigenvalue weighted by atomic mass is 9.64. The molecule has 43 heavy (non-hydrogen) atoms. The van der Waals surface area contributed by atoms with Gasteiger partial charge in [-0.2, -0.15) is 8.78 Å². The van der Waals surface area contributed by atoms with Gasteiger partial charge in [-0.3, -0.25) is 4.79 Å². The molecule has 3 aromatic rings. The number of halogens is 2. The van der Waals surface area contributed by atoms with Crippen LogP contribution in [0, 0.1) is 23.7 Å². The second kappa shape index (κ2) is 13.1. The van der Waals surface area contributed by atoms with Crippen molar-refractivity contribution in [3.63, 3.8) is 0 Å². The lowest BCUT2D eigenvalue weighted by Crippen LogP contribution is -2.49. The highest BCUT2D eigenvalue weighted by Crippen LogP contribution is 2.48. The number of hydrogen-bond acceptors (Lipinski definition) is 4. The molecule has 0 spiro atoms. The van der Waals surface area contributed by atoms with Crippen LogP contribution in [-0.2, 0) is 27.0 Å². The van der Waals surface area contributed by atoms with E-state index in [-0.39, 0.29) is 39.9 Å². The van der Waals surface area contributed by atoms with E-state index in [0.29, 0.717) is 12.8 Å². The van der Waals surface area contributed by atoms with Gasteiger partial charge in [0.15, 0.2) is 9.84 Å². The van der Waals surface area contributed by atoms with E-state index in [2.05, 4.69) is 6.92 Å². The van der Waals surface area contributed by atoms with Gasteiger partial charge in [-0.1, -0.05) is 62.4 Å². The van der Waals surface area contributed by atoms with Crippen LogP contribution in [0.2, 0.25) is 0 Å². The summed E-state index contributed by atoms with van der Waals surface area (Å²) in [4.78, 5) is 13.2. The summed E-state index contributed by atoms with van der Waals surface area (Å²) in [6, 6.07) is 22.7. The first-order chi connectivity index (χ1) is 20.3. The van der Waals surface area contributed by atoms with Gasteiger partial charge >= 0.3 is 0 Å². The standard InChI is InChI=1S/C36H42F2O4S/c1-6-21-36(37,38)29-11-10-14-33(24-29)43(40,41)35(4,5)30-22-28(23-30)34(39)26(3)25(2)15-16-27-17-19-32(20-18-27)42-31-12-8-7-9-13-31/h6-14,17-21,24-26,28,30H,15-16,22-23H2,1-5H3. The predicted molar refractivity (Wildman–Crippen MR) is 167 cm³/mol. The second-order valence-electron chi connectivity index (χ2n) is 12.4. The molecule has 3 aromatic carbocycles. The highest BCUT2D eigenvalue weighted by atomic mass is 32.2. The van der Waals surface area contributed by atoms with Crippen molar-refractivity contribution >= 4 is 15.6 Å². The van der Waals surface area contributed by atoms with E-state index >= 15 is 0 Å². The minimum atomic E-state index is -3.92. The van der Waals surface area contributed by atoms with Crippen molar-refractivity contribution in [2.45, 2.75) is 75.9 Å². The molecule has 0 bridgehead atoms. The molecule has 0 aromatic heterocycles. The SMILES string of the molecule is CC=CC(F)(F)c1cccc(S(=O)(=O)C(C)(C)C2CC(C(=O)C(C)C(C)CCc3ccc(Oc4ccccc4)cc3)C2)c1. The third-order valence-electron chi connectivity index (χ3n) is 9.21. The number of rotatable bonds is 13. The summed E-state index contributed by atoms with van der Waals surface area (Å²) in [5.41, 5.74) is 0.818. The Hall–Kier alpha value is -3.32. The third kappa shape index (κ3) is 7.26. The molecule has 0 amide bonds. The van der Waals surface area contributed by atoms with Crippen LogP contribution < -0.4 is 4.74 Å². The Morgan fingerprint density at radius 1 is 0.953 bits per heavy atom. The quantitative estimate of drug-likeness (QED) is 0.182. The number of benzene rings is 3. The van der Waals surface area contributed by atoms with Crippen LogP contribution in [0.15, 0.2) is 95.9 Å². The molecule has 0 saturated heterocycles. The van der Waals surface area contributed by atoms with Gasteiger partial charge in [-0.25, -0.2) is 8.42 Å². The van der Waals surface area contributed by atoms with Crippen LogP contribution in [0.4, 0.5) is 8.78 Å². The normalized spacial score (nSPS) is 19.0. The van der Waals surface area contributed by atoms with Crippen molar-refractivity contribution in [2.75, 3.05) is 0 Å².